The van der Waals surface area contributed by atoms with E-state index >= 15 is 0 Å². The summed E-state index contributed by atoms with van der Waals surface area (Å²) in [5.41, 5.74) is 0. The number of likely N-dealkylation sites (tertiary alicyclic amines) is 2. The molecule has 0 bridgehead atoms. The molecule has 1 amide bonds. The van der Waals surface area contributed by atoms with Gasteiger partial charge >= 0.3 is 0 Å². The van der Waals surface area contributed by atoms with Crippen LogP contribution in [0.2, 0.25) is 0 Å². The van der Waals surface area contributed by atoms with E-state index in [0.717, 1.165) is 63.2 Å². The number of ether oxygens (including phenoxy) is 1. The Morgan fingerprint density at radius 1 is 1.17 bits per heavy atom. The van der Waals surface area contributed by atoms with Gasteiger partial charge in [0.1, 0.15) is 6.61 Å². The molecule has 0 unspecified atom stereocenters. The molecule has 0 aromatic carbocycles. The average molecular weight is 322 g/mol. The summed E-state index contributed by atoms with van der Waals surface area (Å²) in [6.07, 6.45) is 7.73. The molecule has 4 heteroatoms. The Balaban J connectivity index is 1.54. The van der Waals surface area contributed by atoms with Crippen molar-refractivity contribution in [3.05, 3.63) is 12.8 Å². The molecule has 2 aliphatic heterocycles. The summed E-state index contributed by atoms with van der Waals surface area (Å²) in [5.74, 6) is 2.43. The Kier molecular flexibility index (Phi) is 7.41. The molecule has 2 heterocycles. The third kappa shape index (κ3) is 5.83. The van der Waals surface area contributed by atoms with Gasteiger partial charge in [0.25, 0.3) is 0 Å². The fourth-order valence-corrected chi connectivity index (χ4v) is 3.74. The van der Waals surface area contributed by atoms with Crippen LogP contribution in [-0.4, -0.2) is 55.1 Å². The molecule has 0 atom stereocenters. The van der Waals surface area contributed by atoms with Crippen molar-refractivity contribution in [1.29, 1.82) is 0 Å². The van der Waals surface area contributed by atoms with E-state index in [-0.39, 0.29) is 12.5 Å². The van der Waals surface area contributed by atoms with Crippen molar-refractivity contribution >= 4 is 5.91 Å². The normalized spacial score (nSPS) is 21.0. The van der Waals surface area contributed by atoms with Crippen molar-refractivity contribution in [1.82, 2.24) is 9.80 Å². The van der Waals surface area contributed by atoms with Crippen LogP contribution in [0.3, 0.4) is 0 Å². The van der Waals surface area contributed by atoms with Gasteiger partial charge in [-0.15, -0.1) is 0 Å². The topological polar surface area (TPSA) is 32.8 Å². The summed E-state index contributed by atoms with van der Waals surface area (Å²) >= 11 is 0. The highest BCUT2D eigenvalue weighted by Crippen LogP contribution is 2.24. The maximum Gasteiger partial charge on any atom is 0.248 e. The first-order valence-electron chi connectivity index (χ1n) is 9.32. The number of rotatable bonds is 7. The summed E-state index contributed by atoms with van der Waals surface area (Å²) in [6.45, 7) is 13.4. The van der Waals surface area contributed by atoms with Gasteiger partial charge in [-0.1, -0.05) is 20.4 Å². The predicted molar refractivity (Wildman–Crippen MR) is 94.1 cm³/mol. The molecule has 132 valence electrons. The van der Waals surface area contributed by atoms with Crippen LogP contribution in [0.25, 0.3) is 0 Å². The van der Waals surface area contributed by atoms with E-state index in [9.17, 15) is 4.79 Å². The second-order valence-corrected chi connectivity index (χ2v) is 7.47. The third-order valence-electron chi connectivity index (χ3n) is 5.64. The SMILES string of the molecule is C=CN1CCC(CCOCC(=O)N2CCC(C(C)C)CC2)CC1. The number of amides is 1. The molecule has 2 saturated heterocycles. The van der Waals surface area contributed by atoms with Crippen LogP contribution >= 0.6 is 0 Å². The molecule has 0 N–H and O–H groups in total. The van der Waals surface area contributed by atoms with Crippen LogP contribution < -0.4 is 0 Å². The fourth-order valence-electron chi connectivity index (χ4n) is 3.74. The number of nitrogens with zero attached hydrogens (tertiary/aromatic N) is 2. The number of hydrogen-bond acceptors (Lipinski definition) is 3. The number of piperidine rings is 2. The van der Waals surface area contributed by atoms with Gasteiger partial charge in [-0.05, 0) is 56.1 Å². The largest absolute Gasteiger partial charge is 0.378 e. The summed E-state index contributed by atoms with van der Waals surface area (Å²) in [7, 11) is 0. The summed E-state index contributed by atoms with van der Waals surface area (Å²) in [6, 6.07) is 0. The smallest absolute Gasteiger partial charge is 0.248 e. The van der Waals surface area contributed by atoms with Crippen molar-refractivity contribution in [3.8, 4) is 0 Å². The van der Waals surface area contributed by atoms with Gasteiger partial charge in [0.15, 0.2) is 0 Å². The second-order valence-electron chi connectivity index (χ2n) is 7.47. The van der Waals surface area contributed by atoms with Crippen LogP contribution in [0.1, 0.15) is 46.0 Å². The first-order chi connectivity index (χ1) is 11.1. The van der Waals surface area contributed by atoms with E-state index in [2.05, 4.69) is 25.3 Å². The molecule has 0 radical (unpaired) electrons. The van der Waals surface area contributed by atoms with E-state index in [1.165, 1.54) is 12.8 Å². The van der Waals surface area contributed by atoms with Gasteiger partial charge in [0.05, 0.1) is 0 Å². The minimum absolute atomic E-state index is 0.175. The lowest BCUT2D eigenvalue weighted by atomic mass is 9.87. The molecule has 4 nitrogen and oxygen atoms in total. The molecule has 2 rings (SSSR count). The summed E-state index contributed by atoms with van der Waals surface area (Å²) in [5, 5.41) is 0. The van der Waals surface area contributed by atoms with Crippen molar-refractivity contribution in [3.63, 3.8) is 0 Å². The standard InChI is InChI=1S/C19H34N2O2/c1-4-20-10-5-17(6-11-20)9-14-23-15-19(22)21-12-7-18(8-13-21)16(2)3/h4,16-18H,1,5-15H2,2-3H3. The highest BCUT2D eigenvalue weighted by molar-refractivity contribution is 5.77. The highest BCUT2D eigenvalue weighted by Gasteiger charge is 2.24. The minimum Gasteiger partial charge on any atom is -0.378 e. The lowest BCUT2D eigenvalue weighted by molar-refractivity contribution is -0.137. The maximum absolute atomic E-state index is 12.2. The van der Waals surface area contributed by atoms with E-state index in [1.807, 2.05) is 11.1 Å². The molecule has 2 fully saturated rings. The minimum atomic E-state index is 0.175. The Bertz CT molecular complexity index is 368. The molecule has 0 aliphatic carbocycles. The summed E-state index contributed by atoms with van der Waals surface area (Å²) < 4.78 is 5.65. The van der Waals surface area contributed by atoms with Crippen LogP contribution in [0, 0.1) is 17.8 Å². The predicted octanol–water partition coefficient (Wildman–Crippen LogP) is 3.14. The third-order valence-corrected chi connectivity index (χ3v) is 5.64. The number of carbonyl (C=O) groups is 1. The van der Waals surface area contributed by atoms with Gasteiger partial charge in [0.2, 0.25) is 5.91 Å². The Hall–Kier alpha value is -1.03. The molecule has 0 aromatic heterocycles. The Morgan fingerprint density at radius 3 is 2.39 bits per heavy atom. The molecule has 2 aliphatic rings. The Labute approximate surface area is 141 Å². The zero-order valence-corrected chi connectivity index (χ0v) is 15.0. The van der Waals surface area contributed by atoms with Crippen molar-refractivity contribution < 1.29 is 9.53 Å². The maximum atomic E-state index is 12.2. The molecular formula is C19H34N2O2. The Morgan fingerprint density at radius 2 is 1.83 bits per heavy atom. The number of hydrogen-bond donors (Lipinski definition) is 0. The van der Waals surface area contributed by atoms with Gasteiger partial charge in [-0.3, -0.25) is 4.79 Å². The highest BCUT2D eigenvalue weighted by atomic mass is 16.5. The monoisotopic (exact) mass is 322 g/mol. The average Bonchev–Trinajstić information content (AvgIpc) is 2.59. The fraction of sp³-hybridized carbons (Fsp3) is 0.842. The van der Waals surface area contributed by atoms with Gasteiger partial charge in [0, 0.05) is 32.8 Å². The van der Waals surface area contributed by atoms with E-state index in [4.69, 9.17) is 4.74 Å². The quantitative estimate of drug-likeness (QED) is 0.675. The van der Waals surface area contributed by atoms with Crippen LogP contribution in [0.4, 0.5) is 0 Å². The van der Waals surface area contributed by atoms with Gasteiger partial charge < -0.3 is 14.5 Å². The lowest BCUT2D eigenvalue weighted by Crippen LogP contribution is -2.41. The van der Waals surface area contributed by atoms with E-state index < -0.39 is 0 Å². The zero-order chi connectivity index (χ0) is 16.7. The molecule has 0 spiro atoms. The zero-order valence-electron chi connectivity index (χ0n) is 15.0. The second kappa shape index (κ2) is 9.31. The molecule has 23 heavy (non-hydrogen) atoms. The van der Waals surface area contributed by atoms with E-state index in [0.29, 0.717) is 6.61 Å². The van der Waals surface area contributed by atoms with Crippen LogP contribution in [0.5, 0.6) is 0 Å². The van der Waals surface area contributed by atoms with Crippen LogP contribution in [0.15, 0.2) is 12.8 Å². The van der Waals surface area contributed by atoms with Crippen molar-refractivity contribution in [2.24, 2.45) is 17.8 Å². The van der Waals surface area contributed by atoms with E-state index in [1.54, 1.807) is 0 Å². The first kappa shape index (κ1) is 18.3. The van der Waals surface area contributed by atoms with Gasteiger partial charge in [-0.2, -0.15) is 0 Å². The van der Waals surface area contributed by atoms with Crippen LogP contribution in [-0.2, 0) is 9.53 Å². The summed E-state index contributed by atoms with van der Waals surface area (Å²) in [4.78, 5) is 16.5. The lowest BCUT2D eigenvalue weighted by Gasteiger charge is -2.34. The first-order valence-corrected chi connectivity index (χ1v) is 9.32. The molecule has 0 aromatic rings. The van der Waals surface area contributed by atoms with Crippen molar-refractivity contribution in [2.75, 3.05) is 39.4 Å². The number of carbonyl (C=O) groups excluding carboxylic acids is 1. The molecular weight excluding hydrogens is 288 g/mol. The van der Waals surface area contributed by atoms with Gasteiger partial charge in [-0.25, -0.2) is 0 Å². The molecule has 0 saturated carbocycles. The van der Waals surface area contributed by atoms with Crippen molar-refractivity contribution in [2.45, 2.75) is 46.0 Å².